The van der Waals surface area contributed by atoms with E-state index in [-0.39, 0.29) is 24.7 Å². The molecule has 0 unspecified atom stereocenters. The van der Waals surface area contributed by atoms with E-state index >= 15 is 0 Å². The van der Waals surface area contributed by atoms with Crippen LogP contribution < -0.4 is 0 Å². The number of halogens is 3. The van der Waals surface area contributed by atoms with Crippen LogP contribution in [0.5, 0.6) is 0 Å². The molecule has 1 saturated heterocycles. The fourth-order valence-electron chi connectivity index (χ4n) is 2.31. The maximum atomic E-state index is 12.3. The second kappa shape index (κ2) is 5.74. The highest BCUT2D eigenvalue weighted by Crippen LogP contribution is 2.26. The van der Waals surface area contributed by atoms with Gasteiger partial charge in [0.2, 0.25) is 0 Å². The van der Waals surface area contributed by atoms with Crippen LogP contribution in [0.2, 0.25) is 0 Å². The van der Waals surface area contributed by atoms with Gasteiger partial charge in [-0.1, -0.05) is 5.16 Å². The summed E-state index contributed by atoms with van der Waals surface area (Å²) in [5.74, 6) is -2.59. The molecule has 0 aromatic carbocycles. The first-order valence-electron chi connectivity index (χ1n) is 6.32. The maximum Gasteiger partial charge on any atom is 0.471 e. The van der Waals surface area contributed by atoms with E-state index in [2.05, 4.69) is 5.16 Å². The van der Waals surface area contributed by atoms with Gasteiger partial charge in [-0.25, -0.2) is 4.79 Å². The highest BCUT2D eigenvalue weighted by atomic mass is 19.4. The van der Waals surface area contributed by atoms with Gasteiger partial charge in [0.1, 0.15) is 5.76 Å². The largest absolute Gasteiger partial charge is 0.476 e. The summed E-state index contributed by atoms with van der Waals surface area (Å²) in [4.78, 5) is 22.5. The lowest BCUT2D eigenvalue weighted by Crippen LogP contribution is -2.45. The van der Waals surface area contributed by atoms with Gasteiger partial charge < -0.3 is 14.5 Å². The first-order valence-corrected chi connectivity index (χ1v) is 6.32. The lowest BCUT2D eigenvalue weighted by atomic mass is 9.92. The number of rotatable bonds is 3. The Morgan fingerprint density at radius 3 is 2.48 bits per heavy atom. The molecule has 2 heterocycles. The predicted octanol–water partition coefficient (Wildman–Crippen LogP) is 1.72. The van der Waals surface area contributed by atoms with E-state index in [0.717, 1.165) is 4.90 Å². The zero-order chi connectivity index (χ0) is 15.6. The molecular formula is C12H13F3N2O4. The van der Waals surface area contributed by atoms with Crippen molar-refractivity contribution in [2.45, 2.75) is 25.4 Å². The topological polar surface area (TPSA) is 83.6 Å². The van der Waals surface area contributed by atoms with Crippen molar-refractivity contribution in [3.8, 4) is 0 Å². The Morgan fingerprint density at radius 2 is 2.00 bits per heavy atom. The summed E-state index contributed by atoms with van der Waals surface area (Å²) in [7, 11) is 0. The van der Waals surface area contributed by atoms with Crippen molar-refractivity contribution >= 4 is 11.9 Å². The van der Waals surface area contributed by atoms with Crippen LogP contribution in [0.25, 0.3) is 0 Å². The van der Waals surface area contributed by atoms with Crippen molar-refractivity contribution in [3.05, 3.63) is 17.5 Å². The van der Waals surface area contributed by atoms with Crippen molar-refractivity contribution in [1.29, 1.82) is 0 Å². The number of hydrogen-bond acceptors (Lipinski definition) is 4. The van der Waals surface area contributed by atoms with E-state index in [1.165, 1.54) is 6.07 Å². The number of aromatic nitrogens is 1. The third-order valence-corrected chi connectivity index (χ3v) is 3.41. The van der Waals surface area contributed by atoms with Gasteiger partial charge in [-0.3, -0.25) is 4.79 Å². The summed E-state index contributed by atoms with van der Waals surface area (Å²) < 4.78 is 41.7. The maximum absolute atomic E-state index is 12.3. The SMILES string of the molecule is O=C(O)c1cc(CC2CCN(C(=O)C(F)(F)F)CC2)on1. The van der Waals surface area contributed by atoms with E-state index in [0.29, 0.717) is 25.0 Å². The van der Waals surface area contributed by atoms with Crippen molar-refractivity contribution in [2.75, 3.05) is 13.1 Å². The van der Waals surface area contributed by atoms with Gasteiger partial charge in [0.05, 0.1) is 0 Å². The molecule has 1 N–H and O–H groups in total. The van der Waals surface area contributed by atoms with Crippen molar-refractivity contribution in [2.24, 2.45) is 5.92 Å². The Labute approximate surface area is 117 Å². The van der Waals surface area contributed by atoms with Crippen LogP contribution in [-0.4, -0.2) is 46.3 Å². The molecule has 1 aromatic rings. The summed E-state index contributed by atoms with van der Waals surface area (Å²) >= 11 is 0. The van der Waals surface area contributed by atoms with Gasteiger partial charge in [0.15, 0.2) is 5.69 Å². The van der Waals surface area contributed by atoms with Crippen LogP contribution in [0.4, 0.5) is 13.2 Å². The second-order valence-corrected chi connectivity index (χ2v) is 4.92. The monoisotopic (exact) mass is 306 g/mol. The number of piperidine rings is 1. The van der Waals surface area contributed by atoms with Crippen LogP contribution in [-0.2, 0) is 11.2 Å². The number of likely N-dealkylation sites (tertiary alicyclic amines) is 1. The van der Waals surface area contributed by atoms with E-state index in [1.54, 1.807) is 0 Å². The third-order valence-electron chi connectivity index (χ3n) is 3.41. The first-order chi connectivity index (χ1) is 9.77. The normalized spacial score (nSPS) is 17.0. The summed E-state index contributed by atoms with van der Waals surface area (Å²) in [5, 5.41) is 12.1. The molecule has 0 radical (unpaired) electrons. The summed E-state index contributed by atoms with van der Waals surface area (Å²) in [6, 6.07) is 1.30. The molecule has 0 aliphatic carbocycles. The van der Waals surface area contributed by atoms with Gasteiger partial charge in [0.25, 0.3) is 0 Å². The van der Waals surface area contributed by atoms with Crippen molar-refractivity contribution in [3.63, 3.8) is 0 Å². The number of carbonyl (C=O) groups is 2. The van der Waals surface area contributed by atoms with E-state index in [9.17, 15) is 22.8 Å². The number of hydrogen-bond donors (Lipinski definition) is 1. The van der Waals surface area contributed by atoms with Crippen LogP contribution in [0, 0.1) is 5.92 Å². The first kappa shape index (κ1) is 15.3. The molecule has 1 aliphatic rings. The van der Waals surface area contributed by atoms with Gasteiger partial charge in [0, 0.05) is 25.6 Å². The molecule has 6 nitrogen and oxygen atoms in total. The fraction of sp³-hybridized carbons (Fsp3) is 0.583. The summed E-state index contributed by atoms with van der Waals surface area (Å²) in [5.41, 5.74) is -0.199. The molecule has 0 atom stereocenters. The van der Waals surface area contributed by atoms with Crippen molar-refractivity contribution < 1.29 is 32.4 Å². The van der Waals surface area contributed by atoms with E-state index in [1.807, 2.05) is 0 Å². The Bertz CT molecular complexity index is 533. The molecule has 1 aromatic heterocycles. The number of carboxylic acids is 1. The molecule has 1 amide bonds. The molecule has 9 heteroatoms. The van der Waals surface area contributed by atoms with E-state index in [4.69, 9.17) is 9.63 Å². The minimum absolute atomic E-state index is 0.0307. The summed E-state index contributed by atoms with van der Waals surface area (Å²) in [6.45, 7) is 0.0614. The zero-order valence-electron chi connectivity index (χ0n) is 10.9. The average Bonchev–Trinajstić information content (AvgIpc) is 2.86. The molecule has 21 heavy (non-hydrogen) atoms. The molecule has 2 rings (SSSR count). The third kappa shape index (κ3) is 3.73. The average molecular weight is 306 g/mol. The molecule has 116 valence electrons. The molecular weight excluding hydrogens is 293 g/mol. The standard InChI is InChI=1S/C12H13F3N2O4/c13-12(14,15)11(20)17-3-1-7(2-4-17)5-8-6-9(10(18)19)16-21-8/h6-7H,1-5H2,(H,18,19). The van der Waals surface area contributed by atoms with Gasteiger partial charge in [-0.05, 0) is 18.8 Å². The number of nitrogens with zero attached hydrogens (tertiary/aromatic N) is 2. The quantitative estimate of drug-likeness (QED) is 0.919. The molecule has 0 bridgehead atoms. The zero-order valence-corrected chi connectivity index (χ0v) is 10.9. The number of carbonyl (C=O) groups excluding carboxylic acids is 1. The number of aromatic carboxylic acids is 1. The number of amides is 1. The minimum Gasteiger partial charge on any atom is -0.476 e. The van der Waals surface area contributed by atoms with Crippen LogP contribution in [0.3, 0.4) is 0 Å². The smallest absolute Gasteiger partial charge is 0.471 e. The Morgan fingerprint density at radius 1 is 1.38 bits per heavy atom. The predicted molar refractivity (Wildman–Crippen MR) is 62.5 cm³/mol. The highest BCUT2D eigenvalue weighted by molar-refractivity contribution is 5.85. The molecule has 1 fully saturated rings. The molecule has 0 saturated carbocycles. The molecule has 1 aliphatic heterocycles. The van der Waals surface area contributed by atoms with Crippen LogP contribution in [0.1, 0.15) is 29.1 Å². The van der Waals surface area contributed by atoms with Crippen LogP contribution in [0.15, 0.2) is 10.6 Å². The van der Waals surface area contributed by atoms with Crippen LogP contribution >= 0.6 is 0 Å². The second-order valence-electron chi connectivity index (χ2n) is 4.92. The lowest BCUT2D eigenvalue weighted by Gasteiger charge is -2.31. The minimum atomic E-state index is -4.84. The number of carboxylic acid groups (broad SMARTS) is 1. The Kier molecular flexibility index (Phi) is 4.19. The Hall–Kier alpha value is -2.06. The fourth-order valence-corrected chi connectivity index (χ4v) is 2.31. The van der Waals surface area contributed by atoms with Gasteiger partial charge in [-0.2, -0.15) is 13.2 Å². The summed E-state index contributed by atoms with van der Waals surface area (Å²) in [6.07, 6.45) is -3.63. The van der Waals surface area contributed by atoms with Gasteiger partial charge in [-0.15, -0.1) is 0 Å². The van der Waals surface area contributed by atoms with E-state index < -0.39 is 18.1 Å². The lowest BCUT2D eigenvalue weighted by molar-refractivity contribution is -0.186. The van der Waals surface area contributed by atoms with Gasteiger partial charge >= 0.3 is 18.1 Å². The highest BCUT2D eigenvalue weighted by Gasteiger charge is 2.43. The number of alkyl halides is 3. The Balaban J connectivity index is 1.86. The van der Waals surface area contributed by atoms with Crippen molar-refractivity contribution in [1.82, 2.24) is 10.1 Å². The molecule has 0 spiro atoms.